The van der Waals surface area contributed by atoms with E-state index in [1.165, 1.54) is 4.88 Å². The highest BCUT2D eigenvalue weighted by Gasteiger charge is 2.23. The molecule has 0 unspecified atom stereocenters. The van der Waals surface area contributed by atoms with Crippen molar-refractivity contribution >= 4 is 17.2 Å². The van der Waals surface area contributed by atoms with Crippen LogP contribution in [0.15, 0.2) is 12.1 Å². The van der Waals surface area contributed by atoms with E-state index in [4.69, 9.17) is 5.11 Å². The molecule has 94 valence electrons. The average molecular weight is 253 g/mol. The Balaban J connectivity index is 1.90. The Kier molecular flexibility index (Phi) is 4.18. The Morgan fingerprint density at radius 1 is 1.47 bits per heavy atom. The lowest BCUT2D eigenvalue weighted by molar-refractivity contribution is 0.0683. The SMILES string of the molecule is Cc1ccc(C(=O)N2CCC(CCO)CC2)s1. The van der Waals surface area contributed by atoms with Gasteiger partial charge in [-0.15, -0.1) is 11.3 Å². The molecule has 2 rings (SSSR count). The van der Waals surface area contributed by atoms with Crippen LogP contribution in [0.25, 0.3) is 0 Å². The number of carbonyl (C=O) groups is 1. The van der Waals surface area contributed by atoms with Crippen LogP contribution >= 0.6 is 11.3 Å². The van der Waals surface area contributed by atoms with Crippen LogP contribution in [-0.4, -0.2) is 35.6 Å². The van der Waals surface area contributed by atoms with E-state index < -0.39 is 0 Å². The Labute approximate surface area is 106 Å². The molecule has 1 amide bonds. The lowest BCUT2D eigenvalue weighted by atomic mass is 9.94. The molecule has 0 atom stereocenters. The van der Waals surface area contributed by atoms with Crippen molar-refractivity contribution in [1.29, 1.82) is 0 Å². The molecular weight excluding hydrogens is 234 g/mol. The standard InChI is InChI=1S/C13H19NO2S/c1-10-2-3-12(17-10)13(16)14-7-4-11(5-8-14)6-9-15/h2-3,11,15H,4-9H2,1H3. The zero-order valence-electron chi connectivity index (χ0n) is 10.2. The lowest BCUT2D eigenvalue weighted by Gasteiger charge is -2.31. The van der Waals surface area contributed by atoms with Crippen molar-refractivity contribution in [1.82, 2.24) is 4.90 Å². The number of nitrogens with zero attached hydrogens (tertiary/aromatic N) is 1. The summed E-state index contributed by atoms with van der Waals surface area (Å²) in [5.41, 5.74) is 0. The number of hydrogen-bond acceptors (Lipinski definition) is 3. The summed E-state index contributed by atoms with van der Waals surface area (Å²) < 4.78 is 0. The first-order valence-electron chi connectivity index (χ1n) is 6.17. The van der Waals surface area contributed by atoms with E-state index >= 15 is 0 Å². The lowest BCUT2D eigenvalue weighted by Crippen LogP contribution is -2.38. The van der Waals surface area contributed by atoms with Gasteiger partial charge in [0.2, 0.25) is 0 Å². The molecule has 0 bridgehead atoms. The molecule has 1 fully saturated rings. The highest BCUT2D eigenvalue weighted by atomic mass is 32.1. The fourth-order valence-corrected chi connectivity index (χ4v) is 3.15. The third kappa shape index (κ3) is 3.07. The number of aliphatic hydroxyl groups excluding tert-OH is 1. The maximum atomic E-state index is 12.2. The molecule has 1 aromatic heterocycles. The molecular formula is C13H19NO2S. The van der Waals surface area contributed by atoms with E-state index in [0.717, 1.165) is 37.2 Å². The van der Waals surface area contributed by atoms with Gasteiger partial charge in [-0.3, -0.25) is 4.79 Å². The summed E-state index contributed by atoms with van der Waals surface area (Å²) in [5, 5.41) is 8.90. The Bertz CT molecular complexity index is 381. The van der Waals surface area contributed by atoms with E-state index in [-0.39, 0.29) is 12.5 Å². The summed E-state index contributed by atoms with van der Waals surface area (Å²) in [5.74, 6) is 0.764. The van der Waals surface area contributed by atoms with Gasteiger partial charge in [0.05, 0.1) is 4.88 Å². The van der Waals surface area contributed by atoms with Gasteiger partial charge in [0.15, 0.2) is 0 Å². The first kappa shape index (κ1) is 12.6. The minimum atomic E-state index is 0.172. The number of rotatable bonds is 3. The zero-order valence-corrected chi connectivity index (χ0v) is 11.0. The molecule has 1 saturated heterocycles. The van der Waals surface area contributed by atoms with Gasteiger partial charge < -0.3 is 10.0 Å². The Hall–Kier alpha value is -0.870. The van der Waals surface area contributed by atoms with Crippen LogP contribution in [0.4, 0.5) is 0 Å². The fourth-order valence-electron chi connectivity index (χ4n) is 2.31. The van der Waals surface area contributed by atoms with E-state index in [1.807, 2.05) is 24.0 Å². The van der Waals surface area contributed by atoms with Gasteiger partial charge in [0.1, 0.15) is 0 Å². The fraction of sp³-hybridized carbons (Fsp3) is 0.615. The average Bonchev–Trinajstić information content (AvgIpc) is 2.76. The predicted octanol–water partition coefficient (Wildman–Crippen LogP) is 2.29. The summed E-state index contributed by atoms with van der Waals surface area (Å²) in [7, 11) is 0. The number of aliphatic hydroxyl groups is 1. The molecule has 0 aliphatic carbocycles. The van der Waals surface area contributed by atoms with Crippen molar-refractivity contribution in [2.24, 2.45) is 5.92 Å². The van der Waals surface area contributed by atoms with E-state index in [1.54, 1.807) is 11.3 Å². The van der Waals surface area contributed by atoms with E-state index in [2.05, 4.69) is 0 Å². The number of thiophene rings is 1. The second-order valence-corrected chi connectivity index (χ2v) is 5.95. The van der Waals surface area contributed by atoms with Gasteiger partial charge in [-0.2, -0.15) is 0 Å². The Morgan fingerprint density at radius 3 is 2.71 bits per heavy atom. The van der Waals surface area contributed by atoms with Crippen LogP contribution in [0.3, 0.4) is 0 Å². The second kappa shape index (κ2) is 5.65. The monoisotopic (exact) mass is 253 g/mol. The molecule has 2 heterocycles. The van der Waals surface area contributed by atoms with Crippen molar-refractivity contribution in [3.05, 3.63) is 21.9 Å². The molecule has 17 heavy (non-hydrogen) atoms. The third-order valence-electron chi connectivity index (χ3n) is 3.39. The zero-order chi connectivity index (χ0) is 12.3. The number of carbonyl (C=O) groups excluding carboxylic acids is 1. The highest BCUT2D eigenvalue weighted by molar-refractivity contribution is 7.13. The second-order valence-electron chi connectivity index (χ2n) is 4.66. The maximum absolute atomic E-state index is 12.2. The van der Waals surface area contributed by atoms with Crippen LogP contribution < -0.4 is 0 Å². The quantitative estimate of drug-likeness (QED) is 0.898. The Morgan fingerprint density at radius 2 is 2.18 bits per heavy atom. The van der Waals surface area contributed by atoms with E-state index in [0.29, 0.717) is 5.92 Å². The van der Waals surface area contributed by atoms with Crippen molar-refractivity contribution in [3.63, 3.8) is 0 Å². The van der Waals surface area contributed by atoms with Gasteiger partial charge in [-0.25, -0.2) is 0 Å². The first-order valence-corrected chi connectivity index (χ1v) is 6.99. The largest absolute Gasteiger partial charge is 0.396 e. The molecule has 1 aromatic rings. The van der Waals surface area contributed by atoms with Crippen molar-refractivity contribution in [2.45, 2.75) is 26.2 Å². The molecule has 4 heteroatoms. The summed E-state index contributed by atoms with van der Waals surface area (Å²) in [4.78, 5) is 16.1. The minimum absolute atomic E-state index is 0.172. The first-order chi connectivity index (χ1) is 8.20. The number of amides is 1. The maximum Gasteiger partial charge on any atom is 0.263 e. The highest BCUT2D eigenvalue weighted by Crippen LogP contribution is 2.23. The molecule has 0 spiro atoms. The van der Waals surface area contributed by atoms with Crippen LogP contribution in [0.1, 0.15) is 33.8 Å². The topological polar surface area (TPSA) is 40.5 Å². The number of piperidine rings is 1. The normalized spacial score (nSPS) is 17.4. The van der Waals surface area contributed by atoms with Gasteiger partial charge in [-0.05, 0) is 44.2 Å². The van der Waals surface area contributed by atoms with Crippen LogP contribution in [0.2, 0.25) is 0 Å². The third-order valence-corrected chi connectivity index (χ3v) is 4.38. The smallest absolute Gasteiger partial charge is 0.263 e. The predicted molar refractivity (Wildman–Crippen MR) is 69.4 cm³/mol. The summed E-state index contributed by atoms with van der Waals surface area (Å²) in [6.07, 6.45) is 2.92. The van der Waals surface area contributed by atoms with Gasteiger partial charge in [-0.1, -0.05) is 0 Å². The molecule has 0 aromatic carbocycles. The summed E-state index contributed by atoms with van der Waals surface area (Å²) >= 11 is 1.57. The summed E-state index contributed by atoms with van der Waals surface area (Å²) in [6.45, 7) is 3.96. The van der Waals surface area contributed by atoms with Crippen molar-refractivity contribution < 1.29 is 9.90 Å². The van der Waals surface area contributed by atoms with Crippen LogP contribution in [0.5, 0.6) is 0 Å². The summed E-state index contributed by atoms with van der Waals surface area (Å²) in [6, 6.07) is 3.92. The van der Waals surface area contributed by atoms with E-state index in [9.17, 15) is 4.79 Å². The van der Waals surface area contributed by atoms with Crippen molar-refractivity contribution in [3.8, 4) is 0 Å². The number of likely N-dealkylation sites (tertiary alicyclic amines) is 1. The molecule has 0 saturated carbocycles. The van der Waals surface area contributed by atoms with Crippen LogP contribution in [0, 0.1) is 12.8 Å². The molecule has 1 aliphatic heterocycles. The molecule has 0 radical (unpaired) electrons. The van der Waals surface area contributed by atoms with Gasteiger partial charge in [0.25, 0.3) is 5.91 Å². The molecule has 1 N–H and O–H groups in total. The van der Waals surface area contributed by atoms with Crippen LogP contribution in [-0.2, 0) is 0 Å². The molecule has 1 aliphatic rings. The minimum Gasteiger partial charge on any atom is -0.396 e. The van der Waals surface area contributed by atoms with Gasteiger partial charge >= 0.3 is 0 Å². The molecule has 3 nitrogen and oxygen atoms in total. The van der Waals surface area contributed by atoms with Crippen molar-refractivity contribution in [2.75, 3.05) is 19.7 Å². The number of hydrogen-bond donors (Lipinski definition) is 1. The van der Waals surface area contributed by atoms with Gasteiger partial charge in [0, 0.05) is 24.6 Å². The number of aryl methyl sites for hydroxylation is 1.